The summed E-state index contributed by atoms with van der Waals surface area (Å²) in [5.41, 5.74) is 2.85. The first-order valence-electron chi connectivity index (χ1n) is 10.9. The maximum atomic E-state index is 13.1. The van der Waals surface area contributed by atoms with Gasteiger partial charge in [0.2, 0.25) is 11.8 Å². The molecule has 1 aromatic heterocycles. The van der Waals surface area contributed by atoms with E-state index in [0.717, 1.165) is 22.4 Å². The number of para-hydroxylation sites is 2. The minimum atomic E-state index is -0.0568. The van der Waals surface area contributed by atoms with E-state index in [-0.39, 0.29) is 24.3 Å². The Morgan fingerprint density at radius 1 is 1.06 bits per heavy atom. The molecule has 0 bridgehead atoms. The van der Waals surface area contributed by atoms with Crippen LogP contribution < -0.4 is 0 Å². The van der Waals surface area contributed by atoms with Gasteiger partial charge >= 0.3 is 0 Å². The number of carbonyl (C=O) groups excluding carboxylic acids is 2. The smallest absolute Gasteiger partial charge is 0.243 e. The lowest BCUT2D eigenvalue weighted by atomic mass is 10.1. The summed E-state index contributed by atoms with van der Waals surface area (Å²) in [7, 11) is 0. The van der Waals surface area contributed by atoms with Gasteiger partial charge in [-0.2, -0.15) is 0 Å². The van der Waals surface area contributed by atoms with Crippen LogP contribution in [0.1, 0.15) is 23.7 Å². The molecule has 164 valence electrons. The second-order valence-corrected chi connectivity index (χ2v) is 8.08. The molecule has 0 spiro atoms. The zero-order valence-electron chi connectivity index (χ0n) is 18.2. The third-order valence-electron chi connectivity index (χ3n) is 5.83. The molecule has 1 atom stereocenters. The van der Waals surface area contributed by atoms with Crippen LogP contribution in [0.15, 0.2) is 79.9 Å². The van der Waals surface area contributed by atoms with Crippen LogP contribution in [0, 0.1) is 0 Å². The monoisotopic (exact) mass is 428 g/mol. The Kier molecular flexibility index (Phi) is 6.50. The first kappa shape index (κ1) is 21.6. The number of hydrogen-bond acceptors (Lipinski definition) is 3. The van der Waals surface area contributed by atoms with Gasteiger partial charge in [0.25, 0.3) is 0 Å². The van der Waals surface area contributed by atoms with Gasteiger partial charge < -0.3 is 14.4 Å². The van der Waals surface area contributed by atoms with Crippen molar-refractivity contribution in [1.29, 1.82) is 0 Å². The molecule has 6 heteroatoms. The quantitative estimate of drug-likeness (QED) is 0.488. The second-order valence-electron chi connectivity index (χ2n) is 8.08. The molecular weight excluding hydrogens is 400 g/mol. The highest BCUT2D eigenvalue weighted by Gasteiger charge is 2.34. The fraction of sp³-hybridized carbons (Fsp3) is 0.269. The molecule has 1 saturated heterocycles. The van der Waals surface area contributed by atoms with Crippen LogP contribution in [-0.4, -0.2) is 50.8 Å². The van der Waals surface area contributed by atoms with Crippen molar-refractivity contribution in [3.8, 4) is 0 Å². The molecule has 6 nitrogen and oxygen atoms in total. The highest BCUT2D eigenvalue weighted by atomic mass is 16.2. The Morgan fingerprint density at radius 3 is 2.47 bits per heavy atom. The van der Waals surface area contributed by atoms with Crippen LogP contribution in [0.3, 0.4) is 0 Å². The van der Waals surface area contributed by atoms with E-state index in [4.69, 9.17) is 4.98 Å². The molecule has 1 aliphatic rings. The van der Waals surface area contributed by atoms with Crippen LogP contribution in [0.25, 0.3) is 11.0 Å². The van der Waals surface area contributed by atoms with Crippen molar-refractivity contribution in [2.45, 2.75) is 25.4 Å². The van der Waals surface area contributed by atoms with Crippen molar-refractivity contribution in [2.24, 2.45) is 0 Å². The molecule has 32 heavy (non-hydrogen) atoms. The van der Waals surface area contributed by atoms with Gasteiger partial charge in [-0.15, -0.1) is 13.2 Å². The first-order valence-corrected chi connectivity index (χ1v) is 10.9. The van der Waals surface area contributed by atoms with E-state index in [2.05, 4.69) is 13.2 Å². The minimum Gasteiger partial charge on any atom is -0.338 e. The number of aromatic nitrogens is 2. The van der Waals surface area contributed by atoms with E-state index in [1.807, 2.05) is 64.1 Å². The highest BCUT2D eigenvalue weighted by Crippen LogP contribution is 2.31. The van der Waals surface area contributed by atoms with Gasteiger partial charge in [-0.25, -0.2) is 4.98 Å². The van der Waals surface area contributed by atoms with Crippen molar-refractivity contribution in [2.75, 3.05) is 19.6 Å². The maximum Gasteiger partial charge on any atom is 0.243 e. The number of benzene rings is 2. The average molecular weight is 429 g/mol. The number of nitrogens with zero attached hydrogens (tertiary/aromatic N) is 4. The van der Waals surface area contributed by atoms with Crippen molar-refractivity contribution in [1.82, 2.24) is 19.4 Å². The number of rotatable bonds is 9. The molecule has 0 N–H and O–H groups in total. The predicted octanol–water partition coefficient (Wildman–Crippen LogP) is 3.75. The Bertz CT molecular complexity index is 1130. The van der Waals surface area contributed by atoms with Gasteiger partial charge in [0.1, 0.15) is 12.4 Å². The number of hydrogen-bond donors (Lipinski definition) is 0. The summed E-state index contributed by atoms with van der Waals surface area (Å²) < 4.78 is 1.97. The predicted molar refractivity (Wildman–Crippen MR) is 126 cm³/mol. The van der Waals surface area contributed by atoms with Crippen molar-refractivity contribution >= 4 is 22.8 Å². The van der Waals surface area contributed by atoms with Crippen molar-refractivity contribution < 1.29 is 9.59 Å². The number of fused-ring (bicyclic) bond motifs is 1. The second kappa shape index (κ2) is 9.64. The normalized spacial score (nSPS) is 15.8. The van der Waals surface area contributed by atoms with E-state index in [1.165, 1.54) is 0 Å². The lowest BCUT2D eigenvalue weighted by molar-refractivity contribution is -0.130. The Balaban J connectivity index is 1.61. The Morgan fingerprint density at radius 2 is 1.75 bits per heavy atom. The van der Waals surface area contributed by atoms with E-state index in [9.17, 15) is 9.59 Å². The third-order valence-corrected chi connectivity index (χ3v) is 5.83. The van der Waals surface area contributed by atoms with Crippen LogP contribution in [0.5, 0.6) is 0 Å². The number of likely N-dealkylation sites (tertiary alicyclic amines) is 1. The fourth-order valence-corrected chi connectivity index (χ4v) is 4.30. The molecule has 2 aromatic carbocycles. The number of amides is 2. The summed E-state index contributed by atoms with van der Waals surface area (Å²) in [5, 5.41) is 0. The summed E-state index contributed by atoms with van der Waals surface area (Å²) in [4.78, 5) is 34.3. The molecule has 4 rings (SSSR count). The first-order chi connectivity index (χ1) is 15.6. The topological polar surface area (TPSA) is 58.4 Å². The SMILES string of the molecule is C=CCN(CC=C)C(=O)Cn1c([C@H]2CC(=O)N(Cc3ccccc3)C2)nc2ccccc21. The van der Waals surface area contributed by atoms with Gasteiger partial charge in [-0.3, -0.25) is 9.59 Å². The van der Waals surface area contributed by atoms with E-state index in [1.54, 1.807) is 17.1 Å². The molecule has 2 heterocycles. The molecule has 1 aliphatic heterocycles. The molecule has 3 aromatic rings. The summed E-state index contributed by atoms with van der Waals surface area (Å²) in [6.07, 6.45) is 3.82. The lowest BCUT2D eigenvalue weighted by Crippen LogP contribution is -2.34. The highest BCUT2D eigenvalue weighted by molar-refractivity contribution is 5.83. The minimum absolute atomic E-state index is 0.0281. The van der Waals surface area contributed by atoms with Gasteiger partial charge in [0.05, 0.1) is 11.0 Å². The molecule has 0 saturated carbocycles. The molecule has 0 aliphatic carbocycles. The summed E-state index contributed by atoms with van der Waals surface area (Å²) in [6.45, 7) is 9.77. The van der Waals surface area contributed by atoms with Crippen LogP contribution in [0.4, 0.5) is 0 Å². The lowest BCUT2D eigenvalue weighted by Gasteiger charge is -2.21. The molecule has 0 radical (unpaired) electrons. The van der Waals surface area contributed by atoms with Crippen LogP contribution in [0.2, 0.25) is 0 Å². The molecular formula is C26H28N4O2. The van der Waals surface area contributed by atoms with Gasteiger partial charge in [-0.1, -0.05) is 54.6 Å². The summed E-state index contributed by atoms with van der Waals surface area (Å²) in [6, 6.07) is 17.8. The van der Waals surface area contributed by atoms with Gasteiger partial charge in [-0.05, 0) is 17.7 Å². The fourth-order valence-electron chi connectivity index (χ4n) is 4.30. The van der Waals surface area contributed by atoms with E-state index < -0.39 is 0 Å². The van der Waals surface area contributed by atoms with Crippen molar-refractivity contribution in [3.05, 3.63) is 91.3 Å². The standard InChI is InChI=1S/C26H28N4O2/c1-3-14-28(15-4-2)25(32)19-30-23-13-9-8-12-22(23)27-26(30)21-16-24(31)29(18-21)17-20-10-6-5-7-11-20/h3-13,21H,1-2,14-19H2/t21-/m0/s1. The maximum absolute atomic E-state index is 13.1. The number of carbonyl (C=O) groups is 2. The Hall–Kier alpha value is -3.67. The zero-order chi connectivity index (χ0) is 22.5. The van der Waals surface area contributed by atoms with Gasteiger partial charge in [0.15, 0.2) is 0 Å². The molecule has 2 amide bonds. The van der Waals surface area contributed by atoms with E-state index in [0.29, 0.717) is 32.6 Å². The average Bonchev–Trinajstić information content (AvgIpc) is 3.34. The summed E-state index contributed by atoms with van der Waals surface area (Å²) >= 11 is 0. The van der Waals surface area contributed by atoms with Gasteiger partial charge in [0, 0.05) is 38.5 Å². The van der Waals surface area contributed by atoms with Crippen molar-refractivity contribution in [3.63, 3.8) is 0 Å². The van der Waals surface area contributed by atoms with Crippen LogP contribution >= 0.6 is 0 Å². The number of imidazole rings is 1. The largest absolute Gasteiger partial charge is 0.338 e. The Labute approximate surface area is 188 Å². The van der Waals surface area contributed by atoms with Crippen LogP contribution in [-0.2, 0) is 22.7 Å². The summed E-state index contributed by atoms with van der Waals surface area (Å²) in [5.74, 6) is 0.822. The third kappa shape index (κ3) is 4.49. The van der Waals surface area contributed by atoms with E-state index >= 15 is 0 Å². The molecule has 1 fully saturated rings. The zero-order valence-corrected chi connectivity index (χ0v) is 18.2. The molecule has 0 unspecified atom stereocenters.